The third-order valence-corrected chi connectivity index (χ3v) is 1.94. The Morgan fingerprint density at radius 3 is 2.73 bits per heavy atom. The summed E-state index contributed by atoms with van der Waals surface area (Å²) >= 11 is 0. The van der Waals surface area contributed by atoms with Crippen molar-refractivity contribution in [3.05, 3.63) is 12.2 Å². The maximum absolute atomic E-state index is 11.2. The quantitative estimate of drug-likeness (QED) is 0.527. The topological polar surface area (TPSA) is 44.8 Å². The first kappa shape index (κ1) is 12.2. The van der Waals surface area contributed by atoms with Gasteiger partial charge in [-0.2, -0.15) is 0 Å². The second kappa shape index (κ2) is 4.77. The van der Waals surface area contributed by atoms with Crippen LogP contribution in [0.4, 0.5) is 0 Å². The van der Waals surface area contributed by atoms with Crippen LogP contribution in [0.25, 0.3) is 0 Å². The van der Waals surface area contributed by atoms with E-state index in [4.69, 9.17) is 14.2 Å². The summed E-state index contributed by atoms with van der Waals surface area (Å²) in [6, 6.07) is 0. The van der Waals surface area contributed by atoms with Gasteiger partial charge in [0.05, 0.1) is 13.0 Å². The fourth-order valence-corrected chi connectivity index (χ4v) is 1.33. The van der Waals surface area contributed by atoms with E-state index in [0.717, 1.165) is 5.57 Å². The van der Waals surface area contributed by atoms with E-state index in [1.54, 1.807) is 6.92 Å². The van der Waals surface area contributed by atoms with Crippen LogP contribution in [0.2, 0.25) is 0 Å². The molecular weight excluding hydrogens is 196 g/mol. The third kappa shape index (κ3) is 4.44. The van der Waals surface area contributed by atoms with E-state index in [0.29, 0.717) is 6.61 Å². The molecule has 4 heteroatoms. The van der Waals surface area contributed by atoms with Gasteiger partial charge in [-0.25, -0.2) is 0 Å². The number of rotatable bonds is 4. The predicted molar refractivity (Wildman–Crippen MR) is 55.3 cm³/mol. The molecule has 86 valence electrons. The molecule has 0 amide bonds. The molecule has 4 nitrogen and oxygen atoms in total. The van der Waals surface area contributed by atoms with Crippen LogP contribution in [-0.4, -0.2) is 31.1 Å². The molecule has 1 aliphatic rings. The first-order chi connectivity index (χ1) is 6.89. The van der Waals surface area contributed by atoms with E-state index in [1.165, 1.54) is 0 Å². The van der Waals surface area contributed by atoms with Crippen molar-refractivity contribution in [2.75, 3.05) is 13.2 Å². The van der Waals surface area contributed by atoms with Crippen molar-refractivity contribution in [2.24, 2.45) is 0 Å². The van der Waals surface area contributed by atoms with Crippen molar-refractivity contribution < 1.29 is 19.0 Å². The summed E-state index contributed by atoms with van der Waals surface area (Å²) in [5.41, 5.74) is 0.795. The molecular formula is C11H18O4. The molecule has 0 aromatic rings. The second-order valence-corrected chi connectivity index (χ2v) is 4.27. The fraction of sp³-hybridized carbons (Fsp3) is 0.727. The van der Waals surface area contributed by atoms with Gasteiger partial charge in [0.1, 0.15) is 12.7 Å². The van der Waals surface area contributed by atoms with Gasteiger partial charge in [0, 0.05) is 0 Å². The molecule has 1 saturated heterocycles. The Bertz CT molecular complexity index is 257. The van der Waals surface area contributed by atoms with Crippen LogP contribution < -0.4 is 0 Å². The van der Waals surface area contributed by atoms with Gasteiger partial charge in [0.2, 0.25) is 0 Å². The van der Waals surface area contributed by atoms with Crippen LogP contribution in [0.3, 0.4) is 0 Å². The average molecular weight is 214 g/mol. The highest BCUT2D eigenvalue weighted by Gasteiger charge is 2.33. The lowest BCUT2D eigenvalue weighted by atomic mass is 10.2. The molecule has 1 unspecified atom stereocenters. The predicted octanol–water partition coefficient (Wildman–Crippen LogP) is 1.65. The minimum Gasteiger partial charge on any atom is -0.463 e. The van der Waals surface area contributed by atoms with Gasteiger partial charge in [-0.05, 0) is 20.8 Å². The van der Waals surface area contributed by atoms with Crippen molar-refractivity contribution in [3.8, 4) is 0 Å². The van der Waals surface area contributed by atoms with Gasteiger partial charge in [-0.3, -0.25) is 4.79 Å². The molecule has 0 aromatic heterocycles. The van der Waals surface area contributed by atoms with E-state index < -0.39 is 5.79 Å². The van der Waals surface area contributed by atoms with Gasteiger partial charge in [-0.15, -0.1) is 0 Å². The monoisotopic (exact) mass is 214 g/mol. The molecule has 0 aliphatic carbocycles. The highest BCUT2D eigenvalue weighted by molar-refractivity contribution is 5.72. The van der Waals surface area contributed by atoms with E-state index in [2.05, 4.69) is 6.58 Å². The van der Waals surface area contributed by atoms with E-state index in [9.17, 15) is 4.79 Å². The van der Waals surface area contributed by atoms with Crippen LogP contribution in [0.1, 0.15) is 27.2 Å². The molecule has 1 rings (SSSR count). The second-order valence-electron chi connectivity index (χ2n) is 4.27. The summed E-state index contributed by atoms with van der Waals surface area (Å²) in [7, 11) is 0. The maximum Gasteiger partial charge on any atom is 0.309 e. The standard InChI is InChI=1S/C11H18O4/c1-8(2)5-10(12)13-6-9-7-14-11(3,4)15-9/h9H,1,5-7H2,2-4H3. The van der Waals surface area contributed by atoms with Crippen molar-refractivity contribution in [3.63, 3.8) is 0 Å². The Kier molecular flexibility index (Phi) is 3.88. The maximum atomic E-state index is 11.2. The third-order valence-electron chi connectivity index (χ3n) is 1.94. The lowest BCUT2D eigenvalue weighted by molar-refractivity contribution is -0.157. The Balaban J connectivity index is 2.21. The largest absolute Gasteiger partial charge is 0.463 e. The number of ether oxygens (including phenoxy) is 3. The van der Waals surface area contributed by atoms with Crippen molar-refractivity contribution in [2.45, 2.75) is 39.1 Å². The first-order valence-electron chi connectivity index (χ1n) is 5.01. The van der Waals surface area contributed by atoms with Crippen LogP contribution in [0.5, 0.6) is 0 Å². The highest BCUT2D eigenvalue weighted by Crippen LogP contribution is 2.22. The van der Waals surface area contributed by atoms with Crippen LogP contribution in [0, 0.1) is 0 Å². The molecule has 1 fully saturated rings. The first-order valence-corrected chi connectivity index (χ1v) is 5.01. The molecule has 1 heterocycles. The van der Waals surface area contributed by atoms with Gasteiger partial charge in [0.25, 0.3) is 0 Å². The lowest BCUT2D eigenvalue weighted by Gasteiger charge is -2.16. The SMILES string of the molecule is C=C(C)CC(=O)OCC1COC(C)(C)O1. The molecule has 1 aliphatic heterocycles. The van der Waals surface area contributed by atoms with Crippen LogP contribution >= 0.6 is 0 Å². The van der Waals surface area contributed by atoms with E-state index in [-0.39, 0.29) is 25.1 Å². The Morgan fingerprint density at radius 1 is 1.60 bits per heavy atom. The summed E-state index contributed by atoms with van der Waals surface area (Å²) in [4.78, 5) is 11.2. The summed E-state index contributed by atoms with van der Waals surface area (Å²) in [5, 5.41) is 0. The molecule has 0 aromatic carbocycles. The molecule has 15 heavy (non-hydrogen) atoms. The zero-order chi connectivity index (χ0) is 11.5. The summed E-state index contributed by atoms with van der Waals surface area (Å²) in [5.74, 6) is -0.832. The average Bonchev–Trinajstić information content (AvgIpc) is 2.41. The van der Waals surface area contributed by atoms with Gasteiger partial charge in [0.15, 0.2) is 5.79 Å². The van der Waals surface area contributed by atoms with Crippen molar-refractivity contribution >= 4 is 5.97 Å². The minimum atomic E-state index is -0.564. The molecule has 0 bridgehead atoms. The van der Waals surface area contributed by atoms with Crippen molar-refractivity contribution in [1.29, 1.82) is 0 Å². The lowest BCUT2D eigenvalue weighted by Crippen LogP contribution is -2.25. The molecule has 1 atom stereocenters. The Labute approximate surface area is 90.2 Å². The van der Waals surface area contributed by atoms with Crippen LogP contribution in [-0.2, 0) is 19.0 Å². The number of hydrogen-bond acceptors (Lipinski definition) is 4. The fourth-order valence-electron chi connectivity index (χ4n) is 1.33. The summed E-state index contributed by atoms with van der Waals surface area (Å²) in [6.45, 7) is 9.82. The van der Waals surface area contributed by atoms with Crippen molar-refractivity contribution in [1.82, 2.24) is 0 Å². The Morgan fingerprint density at radius 2 is 2.27 bits per heavy atom. The Hall–Kier alpha value is -0.870. The molecule has 0 N–H and O–H groups in total. The minimum absolute atomic E-state index is 0.158. The smallest absolute Gasteiger partial charge is 0.309 e. The highest BCUT2D eigenvalue weighted by atomic mass is 16.7. The normalized spacial score (nSPS) is 23.8. The zero-order valence-corrected chi connectivity index (χ0v) is 9.54. The molecule has 0 saturated carbocycles. The number of carbonyl (C=O) groups is 1. The molecule has 0 radical (unpaired) electrons. The van der Waals surface area contributed by atoms with Gasteiger partial charge >= 0.3 is 5.97 Å². The van der Waals surface area contributed by atoms with E-state index in [1.807, 2.05) is 13.8 Å². The number of hydrogen-bond donors (Lipinski definition) is 0. The zero-order valence-electron chi connectivity index (χ0n) is 9.54. The van der Waals surface area contributed by atoms with Gasteiger partial charge < -0.3 is 14.2 Å². The van der Waals surface area contributed by atoms with E-state index >= 15 is 0 Å². The summed E-state index contributed by atoms with van der Waals surface area (Å²) in [6.07, 6.45) is 0.103. The number of carbonyl (C=O) groups excluding carboxylic acids is 1. The van der Waals surface area contributed by atoms with Gasteiger partial charge in [-0.1, -0.05) is 12.2 Å². The van der Waals surface area contributed by atoms with Crippen LogP contribution in [0.15, 0.2) is 12.2 Å². The molecule has 0 spiro atoms. The summed E-state index contributed by atoms with van der Waals surface area (Å²) < 4.78 is 15.8. The number of esters is 1.